The van der Waals surface area contributed by atoms with Crippen molar-refractivity contribution in [3.05, 3.63) is 45.9 Å². The summed E-state index contributed by atoms with van der Waals surface area (Å²) in [7, 11) is 5.94. The van der Waals surface area contributed by atoms with Gasteiger partial charge in [0.15, 0.2) is 0 Å². The van der Waals surface area contributed by atoms with E-state index in [1.165, 1.54) is 5.56 Å². The maximum absolute atomic E-state index is 13.2. The van der Waals surface area contributed by atoms with Crippen molar-refractivity contribution < 1.29 is 0 Å². The Hall–Kier alpha value is -2.09. The molecule has 1 aliphatic heterocycles. The van der Waals surface area contributed by atoms with Crippen molar-refractivity contribution in [3.8, 4) is 11.4 Å². The lowest BCUT2D eigenvalue weighted by Crippen LogP contribution is -2.54. The molecule has 2 heterocycles. The predicted molar refractivity (Wildman–Crippen MR) is 149 cm³/mol. The molecular weight excluding hydrogens is 442 g/mol. The fourth-order valence-electron chi connectivity index (χ4n) is 4.15. The van der Waals surface area contributed by atoms with Crippen LogP contribution in [0.25, 0.3) is 17.0 Å². The highest BCUT2D eigenvalue weighted by molar-refractivity contribution is 7.97. The average molecular weight is 486 g/mol. The van der Waals surface area contributed by atoms with Gasteiger partial charge in [-0.1, -0.05) is 52.7 Å². The quantitative estimate of drug-likeness (QED) is 0.427. The summed E-state index contributed by atoms with van der Waals surface area (Å²) >= 11 is 1.66. The molecule has 1 aromatic carbocycles. The van der Waals surface area contributed by atoms with Gasteiger partial charge in [-0.15, -0.1) is 0 Å². The molecule has 0 saturated carbocycles. The van der Waals surface area contributed by atoms with Crippen molar-refractivity contribution in [1.29, 1.82) is 0 Å². The number of aromatic nitrogens is 2. The van der Waals surface area contributed by atoms with Gasteiger partial charge in [-0.05, 0) is 62.0 Å². The Bertz CT molecular complexity index is 1010. The van der Waals surface area contributed by atoms with Crippen LogP contribution in [0, 0.1) is 0 Å². The van der Waals surface area contributed by atoms with Gasteiger partial charge in [0.25, 0.3) is 5.56 Å². The van der Waals surface area contributed by atoms with E-state index in [1.54, 1.807) is 11.9 Å². The highest BCUT2D eigenvalue weighted by Gasteiger charge is 2.23. The molecule has 1 fully saturated rings. The molecular formula is C27H43N5OS. The predicted octanol–water partition coefficient (Wildman–Crippen LogP) is 5.60. The Labute approximate surface area is 210 Å². The van der Waals surface area contributed by atoms with Crippen LogP contribution < -0.4 is 15.2 Å². The fraction of sp³-hybridized carbons (Fsp3) is 0.556. The van der Waals surface area contributed by atoms with E-state index in [0.29, 0.717) is 17.6 Å². The third-order valence-electron chi connectivity index (χ3n) is 5.78. The second kappa shape index (κ2) is 13.7. The lowest BCUT2D eigenvalue weighted by atomic mass is 10.0. The van der Waals surface area contributed by atoms with E-state index in [-0.39, 0.29) is 5.56 Å². The van der Waals surface area contributed by atoms with Crippen LogP contribution >= 0.6 is 11.9 Å². The van der Waals surface area contributed by atoms with Gasteiger partial charge in [-0.25, -0.2) is 4.98 Å². The number of nitrogens with zero attached hydrogens (tertiary/aromatic N) is 3. The van der Waals surface area contributed by atoms with Gasteiger partial charge in [0.05, 0.1) is 5.69 Å². The minimum atomic E-state index is -0.0958. The first kappa shape index (κ1) is 28.1. The van der Waals surface area contributed by atoms with Crippen LogP contribution in [0.5, 0.6) is 0 Å². The second-order valence-electron chi connectivity index (χ2n) is 8.78. The van der Waals surface area contributed by atoms with E-state index < -0.39 is 0 Å². The van der Waals surface area contributed by atoms with Gasteiger partial charge in [0.1, 0.15) is 11.5 Å². The molecule has 1 aromatic heterocycles. The molecule has 0 unspecified atom stereocenters. The Morgan fingerprint density at radius 1 is 1.26 bits per heavy atom. The smallest absolute Gasteiger partial charge is 0.275 e. The van der Waals surface area contributed by atoms with Crippen LogP contribution in [0.15, 0.2) is 34.0 Å². The summed E-state index contributed by atoms with van der Waals surface area (Å²) in [5.74, 6) is 0.653. The number of likely N-dealkylation sites (N-methyl/N-ethyl adjacent to an activating group) is 1. The molecule has 1 saturated heterocycles. The Morgan fingerprint density at radius 2 is 1.97 bits per heavy atom. The maximum atomic E-state index is 13.2. The molecule has 188 valence electrons. The molecule has 6 nitrogen and oxygen atoms in total. The van der Waals surface area contributed by atoms with E-state index >= 15 is 0 Å². The third-order valence-corrected chi connectivity index (χ3v) is 6.72. The van der Waals surface area contributed by atoms with Crippen molar-refractivity contribution in [3.63, 3.8) is 0 Å². The molecule has 0 spiro atoms. The topological polar surface area (TPSA) is 64.3 Å². The monoisotopic (exact) mass is 485 g/mol. The van der Waals surface area contributed by atoms with Gasteiger partial charge in [0.2, 0.25) is 0 Å². The summed E-state index contributed by atoms with van der Waals surface area (Å²) in [6, 6.07) is 7.02. The lowest BCUT2D eigenvalue weighted by Gasteiger charge is -2.36. The van der Waals surface area contributed by atoms with Gasteiger partial charge in [-0.3, -0.25) is 9.52 Å². The average Bonchev–Trinajstić information content (AvgIpc) is 2.81. The van der Waals surface area contributed by atoms with Crippen LogP contribution in [0.4, 0.5) is 5.69 Å². The first-order valence-electron chi connectivity index (χ1n) is 12.6. The Balaban J connectivity index is 0.00000199. The normalized spacial score (nSPS) is 14.4. The van der Waals surface area contributed by atoms with Crippen LogP contribution in [0.1, 0.15) is 65.1 Å². The number of aromatic amines is 1. The zero-order valence-corrected chi connectivity index (χ0v) is 23.1. The number of nitrogens with one attached hydrogen (secondary N) is 2. The van der Waals surface area contributed by atoms with Gasteiger partial charge in [-0.2, -0.15) is 0 Å². The first-order chi connectivity index (χ1) is 16.4. The lowest BCUT2D eigenvalue weighted by molar-refractivity contribution is 0.182. The standard InChI is InChI=1S/C25H37N5OS.C2H6/c1-7-10-17(9-3)22-23(29(4)5)25(31)27-24(26-22)21-14-20(13-12-18(21)11-8-2)32-28-19-15-30(6)16-19;1-2/h9,12-14,19,28H,7-8,10-11,15-16H2,1-6H3,(H,26,27,31);1-2H3. The molecule has 0 aliphatic carbocycles. The minimum Gasteiger partial charge on any atom is -0.371 e. The number of likely N-dealkylation sites (tertiary alicyclic amines) is 1. The Morgan fingerprint density at radius 3 is 2.53 bits per heavy atom. The van der Waals surface area contributed by atoms with E-state index in [9.17, 15) is 4.79 Å². The van der Waals surface area contributed by atoms with E-state index in [1.807, 2.05) is 39.8 Å². The number of anilines is 1. The number of aryl methyl sites for hydroxylation is 1. The number of rotatable bonds is 10. The van der Waals surface area contributed by atoms with E-state index in [4.69, 9.17) is 4.98 Å². The van der Waals surface area contributed by atoms with Gasteiger partial charge >= 0.3 is 0 Å². The summed E-state index contributed by atoms with van der Waals surface area (Å²) in [4.78, 5) is 26.6. The zero-order chi connectivity index (χ0) is 25.3. The summed E-state index contributed by atoms with van der Waals surface area (Å²) < 4.78 is 3.55. The van der Waals surface area contributed by atoms with Crippen molar-refractivity contribution in [1.82, 2.24) is 19.6 Å². The molecule has 2 N–H and O–H groups in total. The summed E-state index contributed by atoms with van der Waals surface area (Å²) in [6.45, 7) is 12.5. The summed E-state index contributed by atoms with van der Waals surface area (Å²) in [6.07, 6.45) is 5.97. The number of H-pyrrole nitrogens is 1. The van der Waals surface area contributed by atoms with E-state index in [2.05, 4.69) is 59.8 Å². The SMILES string of the molecule is CC.CC=C(CCC)c1nc(-c2cc(SNC3CN(C)C3)ccc2CCC)[nH]c(=O)c1N(C)C. The number of hydrogen-bond donors (Lipinski definition) is 2. The number of benzene rings is 1. The molecule has 1 aliphatic rings. The highest BCUT2D eigenvalue weighted by Crippen LogP contribution is 2.31. The third kappa shape index (κ3) is 6.96. The van der Waals surface area contributed by atoms with Gasteiger partial charge < -0.3 is 14.8 Å². The van der Waals surface area contributed by atoms with Crippen LogP contribution in [0.2, 0.25) is 0 Å². The summed E-state index contributed by atoms with van der Waals surface area (Å²) in [5.41, 5.74) is 4.65. The first-order valence-corrected chi connectivity index (χ1v) is 13.4. The van der Waals surface area contributed by atoms with Crippen LogP contribution in [-0.4, -0.2) is 55.1 Å². The summed E-state index contributed by atoms with van der Waals surface area (Å²) in [5, 5.41) is 0. The van der Waals surface area contributed by atoms with Crippen molar-refractivity contribution in [2.75, 3.05) is 39.1 Å². The van der Waals surface area contributed by atoms with Gasteiger partial charge in [0, 0.05) is 43.7 Å². The van der Waals surface area contributed by atoms with E-state index in [0.717, 1.165) is 60.5 Å². The fourth-order valence-corrected chi connectivity index (χ4v) is 4.92. The molecule has 0 radical (unpaired) electrons. The van der Waals surface area contributed by atoms with Crippen molar-refractivity contribution in [2.45, 2.75) is 71.2 Å². The largest absolute Gasteiger partial charge is 0.371 e. The minimum absolute atomic E-state index is 0.0958. The molecule has 34 heavy (non-hydrogen) atoms. The Kier molecular flexibility index (Phi) is 11.4. The van der Waals surface area contributed by atoms with Crippen LogP contribution in [-0.2, 0) is 6.42 Å². The number of hydrogen-bond acceptors (Lipinski definition) is 6. The number of allylic oxidation sites excluding steroid dienone is 2. The zero-order valence-electron chi connectivity index (χ0n) is 22.3. The highest BCUT2D eigenvalue weighted by atomic mass is 32.2. The molecule has 0 bridgehead atoms. The maximum Gasteiger partial charge on any atom is 0.275 e. The molecule has 2 aromatic rings. The molecule has 3 rings (SSSR count). The molecule has 0 atom stereocenters. The second-order valence-corrected chi connectivity index (χ2v) is 9.69. The van der Waals surface area contributed by atoms with Crippen molar-refractivity contribution in [2.24, 2.45) is 0 Å². The molecule has 0 amide bonds. The van der Waals surface area contributed by atoms with Crippen molar-refractivity contribution >= 4 is 23.2 Å². The molecule has 7 heteroatoms. The van der Waals surface area contributed by atoms with Crippen LogP contribution in [0.3, 0.4) is 0 Å².